The summed E-state index contributed by atoms with van der Waals surface area (Å²) in [7, 11) is 0. The SMILES string of the molecule is CCc1c(NN)ncnc1Oc1cc(Br)ccc1Cl. The average molecular weight is 344 g/mol. The van der Waals surface area contributed by atoms with Crippen LogP contribution in [0, 0.1) is 0 Å². The molecule has 7 heteroatoms. The largest absolute Gasteiger partial charge is 0.437 e. The third-order valence-corrected chi connectivity index (χ3v) is 3.30. The highest BCUT2D eigenvalue weighted by molar-refractivity contribution is 9.10. The number of hydrazine groups is 1. The van der Waals surface area contributed by atoms with E-state index in [1.54, 1.807) is 12.1 Å². The van der Waals surface area contributed by atoms with Crippen LogP contribution in [0.15, 0.2) is 29.0 Å². The molecule has 5 nitrogen and oxygen atoms in total. The van der Waals surface area contributed by atoms with E-state index in [-0.39, 0.29) is 0 Å². The van der Waals surface area contributed by atoms with E-state index in [1.807, 2.05) is 13.0 Å². The summed E-state index contributed by atoms with van der Waals surface area (Å²) in [6, 6.07) is 5.36. The van der Waals surface area contributed by atoms with Gasteiger partial charge in [-0.3, -0.25) is 0 Å². The zero-order chi connectivity index (χ0) is 13.8. The van der Waals surface area contributed by atoms with E-state index >= 15 is 0 Å². The first-order chi connectivity index (χ1) is 9.15. The molecule has 0 bridgehead atoms. The van der Waals surface area contributed by atoms with Crippen molar-refractivity contribution in [3.63, 3.8) is 0 Å². The number of hydrogen-bond acceptors (Lipinski definition) is 5. The molecule has 1 heterocycles. The molecule has 100 valence electrons. The molecule has 0 atom stereocenters. The van der Waals surface area contributed by atoms with Crippen molar-refractivity contribution in [3.05, 3.63) is 39.6 Å². The molecule has 0 unspecified atom stereocenters. The lowest BCUT2D eigenvalue weighted by molar-refractivity contribution is 0.455. The van der Waals surface area contributed by atoms with Crippen LogP contribution in [0.3, 0.4) is 0 Å². The number of benzene rings is 1. The summed E-state index contributed by atoms with van der Waals surface area (Å²) >= 11 is 9.46. The van der Waals surface area contributed by atoms with Gasteiger partial charge >= 0.3 is 0 Å². The lowest BCUT2D eigenvalue weighted by Gasteiger charge is -2.12. The Balaban J connectivity index is 2.40. The summed E-state index contributed by atoms with van der Waals surface area (Å²) in [5.74, 6) is 6.91. The minimum atomic E-state index is 0.436. The summed E-state index contributed by atoms with van der Waals surface area (Å²) in [6.45, 7) is 1.97. The molecule has 0 saturated carbocycles. The second-order valence-electron chi connectivity index (χ2n) is 3.68. The third-order valence-electron chi connectivity index (χ3n) is 2.50. The molecule has 0 aliphatic carbocycles. The average Bonchev–Trinajstić information content (AvgIpc) is 2.42. The van der Waals surface area contributed by atoms with Crippen molar-refractivity contribution in [1.29, 1.82) is 0 Å². The minimum Gasteiger partial charge on any atom is -0.437 e. The number of aromatic nitrogens is 2. The first-order valence-corrected chi connectivity index (χ1v) is 6.76. The monoisotopic (exact) mass is 342 g/mol. The third kappa shape index (κ3) is 3.15. The Labute approximate surface area is 124 Å². The molecule has 1 aromatic heterocycles. The topological polar surface area (TPSA) is 73.1 Å². The zero-order valence-corrected chi connectivity index (χ0v) is 12.5. The number of halogens is 2. The Kier molecular flexibility index (Phi) is 4.57. The number of ether oxygens (including phenoxy) is 1. The number of nitrogens with one attached hydrogen (secondary N) is 1. The molecule has 2 rings (SSSR count). The van der Waals surface area contributed by atoms with Gasteiger partial charge in [0.25, 0.3) is 0 Å². The van der Waals surface area contributed by atoms with E-state index in [0.717, 1.165) is 10.0 Å². The van der Waals surface area contributed by atoms with Gasteiger partial charge in [-0.1, -0.05) is 34.5 Å². The van der Waals surface area contributed by atoms with Gasteiger partial charge in [-0.15, -0.1) is 0 Å². The van der Waals surface area contributed by atoms with Crippen molar-refractivity contribution < 1.29 is 4.74 Å². The molecule has 3 N–H and O–H groups in total. The lowest BCUT2D eigenvalue weighted by atomic mass is 10.2. The smallest absolute Gasteiger partial charge is 0.227 e. The first kappa shape index (κ1) is 14.0. The zero-order valence-electron chi connectivity index (χ0n) is 10.2. The van der Waals surface area contributed by atoms with E-state index < -0.39 is 0 Å². The highest BCUT2D eigenvalue weighted by atomic mass is 79.9. The van der Waals surface area contributed by atoms with Gasteiger partial charge in [0.15, 0.2) is 0 Å². The number of nitrogen functional groups attached to an aromatic ring is 1. The predicted octanol–water partition coefficient (Wildman–Crippen LogP) is 3.53. The highest BCUT2D eigenvalue weighted by Crippen LogP contribution is 2.33. The molecule has 0 aliphatic heterocycles. The summed E-state index contributed by atoms with van der Waals surface area (Å²) in [5, 5.41) is 0.506. The molecule has 0 radical (unpaired) electrons. The van der Waals surface area contributed by atoms with E-state index in [1.165, 1.54) is 6.33 Å². The van der Waals surface area contributed by atoms with Crippen molar-refractivity contribution in [2.75, 3.05) is 5.43 Å². The van der Waals surface area contributed by atoms with Crippen LogP contribution in [0.2, 0.25) is 5.02 Å². The minimum absolute atomic E-state index is 0.436. The fraction of sp³-hybridized carbons (Fsp3) is 0.167. The van der Waals surface area contributed by atoms with Gasteiger partial charge in [0.2, 0.25) is 5.88 Å². The summed E-state index contributed by atoms with van der Waals surface area (Å²) in [5.41, 5.74) is 3.32. The second kappa shape index (κ2) is 6.18. The van der Waals surface area contributed by atoms with Crippen LogP contribution in [0.4, 0.5) is 5.82 Å². The Morgan fingerprint density at radius 2 is 2.21 bits per heavy atom. The lowest BCUT2D eigenvalue weighted by Crippen LogP contribution is -2.12. The van der Waals surface area contributed by atoms with Crippen LogP contribution in [0.25, 0.3) is 0 Å². The molecule has 0 amide bonds. The van der Waals surface area contributed by atoms with Gasteiger partial charge < -0.3 is 10.2 Å². The van der Waals surface area contributed by atoms with Crippen molar-refractivity contribution in [2.45, 2.75) is 13.3 Å². The molecule has 2 aromatic rings. The second-order valence-corrected chi connectivity index (χ2v) is 5.00. The quantitative estimate of drug-likeness (QED) is 0.656. The predicted molar refractivity (Wildman–Crippen MR) is 78.4 cm³/mol. The van der Waals surface area contributed by atoms with Crippen LogP contribution >= 0.6 is 27.5 Å². The summed E-state index contributed by atoms with van der Waals surface area (Å²) < 4.78 is 6.62. The van der Waals surface area contributed by atoms with E-state index in [2.05, 4.69) is 31.3 Å². The van der Waals surface area contributed by atoms with Gasteiger partial charge in [-0.05, 0) is 24.6 Å². The van der Waals surface area contributed by atoms with Crippen LogP contribution < -0.4 is 16.0 Å². The van der Waals surface area contributed by atoms with Gasteiger partial charge in [-0.2, -0.15) is 0 Å². The molecule has 19 heavy (non-hydrogen) atoms. The van der Waals surface area contributed by atoms with Gasteiger partial charge in [0.05, 0.1) is 10.6 Å². The molecule has 0 saturated heterocycles. The van der Waals surface area contributed by atoms with Crippen LogP contribution in [-0.4, -0.2) is 9.97 Å². The Morgan fingerprint density at radius 3 is 2.89 bits per heavy atom. The molecular formula is C12H12BrClN4O. The molecule has 0 fully saturated rings. The van der Waals surface area contributed by atoms with Gasteiger partial charge in [-0.25, -0.2) is 15.8 Å². The maximum absolute atomic E-state index is 6.09. The highest BCUT2D eigenvalue weighted by Gasteiger charge is 2.12. The number of anilines is 1. The summed E-state index contributed by atoms with van der Waals surface area (Å²) in [4.78, 5) is 8.16. The van der Waals surface area contributed by atoms with Crippen LogP contribution in [0.5, 0.6) is 11.6 Å². The molecular weight excluding hydrogens is 332 g/mol. The maximum atomic E-state index is 6.09. The van der Waals surface area contributed by atoms with Crippen molar-refractivity contribution in [3.8, 4) is 11.6 Å². The summed E-state index contributed by atoms with van der Waals surface area (Å²) in [6.07, 6.45) is 2.07. The number of nitrogens with zero attached hydrogens (tertiary/aromatic N) is 2. The van der Waals surface area contributed by atoms with E-state index in [9.17, 15) is 0 Å². The standard InChI is InChI=1S/C12H12BrClN4O/c1-2-8-11(18-15)16-6-17-12(8)19-10-5-7(13)3-4-9(10)14/h3-6H,2,15H2,1H3,(H,16,17,18). The van der Waals surface area contributed by atoms with Gasteiger partial charge in [0.1, 0.15) is 17.9 Å². The van der Waals surface area contributed by atoms with Crippen LogP contribution in [-0.2, 0) is 6.42 Å². The van der Waals surface area contributed by atoms with Crippen molar-refractivity contribution in [2.24, 2.45) is 5.84 Å². The van der Waals surface area contributed by atoms with Gasteiger partial charge in [0, 0.05) is 4.47 Å². The Morgan fingerprint density at radius 1 is 1.42 bits per heavy atom. The molecule has 0 spiro atoms. The molecule has 0 aliphatic rings. The van der Waals surface area contributed by atoms with Crippen molar-refractivity contribution in [1.82, 2.24) is 9.97 Å². The Bertz CT molecular complexity index is 594. The first-order valence-electron chi connectivity index (χ1n) is 5.59. The van der Waals surface area contributed by atoms with E-state index in [4.69, 9.17) is 22.2 Å². The number of nitrogens with two attached hydrogens (primary N) is 1. The Hall–Kier alpha value is -1.37. The molecule has 1 aromatic carbocycles. The van der Waals surface area contributed by atoms with Crippen LogP contribution in [0.1, 0.15) is 12.5 Å². The fourth-order valence-electron chi connectivity index (χ4n) is 1.59. The number of hydrogen-bond donors (Lipinski definition) is 2. The maximum Gasteiger partial charge on any atom is 0.227 e. The van der Waals surface area contributed by atoms with E-state index in [0.29, 0.717) is 28.9 Å². The fourth-order valence-corrected chi connectivity index (χ4v) is 2.08. The normalized spacial score (nSPS) is 10.3. The number of rotatable bonds is 4. The van der Waals surface area contributed by atoms with Crippen molar-refractivity contribution >= 4 is 33.3 Å².